The lowest BCUT2D eigenvalue weighted by Gasteiger charge is -2.27. The molecule has 0 radical (unpaired) electrons. The van der Waals surface area contributed by atoms with Crippen LogP contribution in [0.1, 0.15) is 51.1 Å². The second-order valence-corrected chi connectivity index (χ2v) is 6.34. The predicted octanol–water partition coefficient (Wildman–Crippen LogP) is 3.48. The van der Waals surface area contributed by atoms with Gasteiger partial charge in [-0.2, -0.15) is 0 Å². The number of nitrogens with zero attached hydrogens (tertiary/aromatic N) is 2. The molecule has 1 fully saturated rings. The third-order valence-corrected chi connectivity index (χ3v) is 4.45. The van der Waals surface area contributed by atoms with E-state index in [1.54, 1.807) is 0 Å². The first-order chi connectivity index (χ1) is 11.2. The van der Waals surface area contributed by atoms with Crippen LogP contribution in [0.5, 0.6) is 5.75 Å². The molecule has 23 heavy (non-hydrogen) atoms. The second kappa shape index (κ2) is 8.92. The van der Waals surface area contributed by atoms with Crippen LogP contribution in [-0.4, -0.2) is 49.0 Å². The van der Waals surface area contributed by atoms with Crippen LogP contribution < -0.4 is 4.74 Å². The fourth-order valence-corrected chi connectivity index (χ4v) is 3.19. The van der Waals surface area contributed by atoms with Crippen molar-refractivity contribution in [1.29, 1.82) is 0 Å². The van der Waals surface area contributed by atoms with Crippen molar-refractivity contribution in [3.8, 4) is 5.75 Å². The van der Waals surface area contributed by atoms with E-state index in [0.717, 1.165) is 44.5 Å². The summed E-state index contributed by atoms with van der Waals surface area (Å²) in [7, 11) is 2.04. The van der Waals surface area contributed by atoms with E-state index < -0.39 is 0 Å². The first-order valence-electron chi connectivity index (χ1n) is 8.86. The van der Waals surface area contributed by atoms with E-state index in [4.69, 9.17) is 4.74 Å². The molecule has 1 atom stereocenters. The highest BCUT2D eigenvalue weighted by Crippen LogP contribution is 2.32. The molecule has 1 saturated heterocycles. The van der Waals surface area contributed by atoms with Crippen LogP contribution in [0.2, 0.25) is 0 Å². The number of carbonyl (C=O) groups is 1. The van der Waals surface area contributed by atoms with Crippen molar-refractivity contribution in [2.75, 3.05) is 33.3 Å². The standard InChI is InChI=1S/C19H30N2O2/c1-4-6-13-20(3)15-19(22)21-14-7-8-18(21)16-9-11-17(12-10-16)23-5-2/h9-12,18H,4-8,13-15H2,1-3H3. The molecule has 1 unspecified atom stereocenters. The van der Waals surface area contributed by atoms with E-state index >= 15 is 0 Å². The maximum absolute atomic E-state index is 12.6. The van der Waals surface area contributed by atoms with E-state index in [1.807, 2.05) is 26.1 Å². The summed E-state index contributed by atoms with van der Waals surface area (Å²) in [5, 5.41) is 0. The lowest BCUT2D eigenvalue weighted by atomic mass is 10.0. The Balaban J connectivity index is 1.97. The zero-order valence-electron chi connectivity index (χ0n) is 14.8. The van der Waals surface area contributed by atoms with Gasteiger partial charge in [0.05, 0.1) is 19.2 Å². The normalized spacial score (nSPS) is 17.7. The molecule has 1 aliphatic rings. The van der Waals surface area contributed by atoms with Crippen molar-refractivity contribution >= 4 is 5.91 Å². The number of likely N-dealkylation sites (N-methyl/N-ethyl adjacent to an activating group) is 1. The number of hydrogen-bond donors (Lipinski definition) is 0. The van der Waals surface area contributed by atoms with Gasteiger partial charge in [0.1, 0.15) is 5.75 Å². The van der Waals surface area contributed by atoms with Gasteiger partial charge in [-0.25, -0.2) is 0 Å². The highest BCUT2D eigenvalue weighted by molar-refractivity contribution is 5.79. The summed E-state index contributed by atoms with van der Waals surface area (Å²) in [6.45, 7) is 7.23. The predicted molar refractivity (Wildman–Crippen MR) is 93.7 cm³/mol. The maximum atomic E-state index is 12.6. The molecule has 128 valence electrons. The van der Waals surface area contributed by atoms with E-state index in [9.17, 15) is 4.79 Å². The van der Waals surface area contributed by atoms with Gasteiger partial charge in [0.15, 0.2) is 0 Å². The van der Waals surface area contributed by atoms with Gasteiger partial charge in [-0.1, -0.05) is 25.5 Å². The Morgan fingerprint density at radius 1 is 1.30 bits per heavy atom. The third-order valence-electron chi connectivity index (χ3n) is 4.45. The minimum atomic E-state index is 0.220. The Kier molecular flexibility index (Phi) is 6.90. The lowest BCUT2D eigenvalue weighted by Crippen LogP contribution is -2.38. The number of benzene rings is 1. The summed E-state index contributed by atoms with van der Waals surface area (Å²) in [5.74, 6) is 1.14. The Morgan fingerprint density at radius 2 is 2.04 bits per heavy atom. The molecule has 1 aromatic rings. The van der Waals surface area contributed by atoms with Gasteiger partial charge in [0.25, 0.3) is 0 Å². The van der Waals surface area contributed by atoms with Crippen molar-refractivity contribution in [2.45, 2.75) is 45.6 Å². The molecule has 0 spiro atoms. The highest BCUT2D eigenvalue weighted by Gasteiger charge is 2.30. The van der Waals surface area contributed by atoms with E-state index in [1.165, 1.54) is 5.56 Å². The van der Waals surface area contributed by atoms with Crippen molar-refractivity contribution in [1.82, 2.24) is 9.80 Å². The van der Waals surface area contributed by atoms with Crippen LogP contribution >= 0.6 is 0 Å². The average molecular weight is 318 g/mol. The highest BCUT2D eigenvalue weighted by atomic mass is 16.5. The van der Waals surface area contributed by atoms with Gasteiger partial charge in [0.2, 0.25) is 5.91 Å². The van der Waals surface area contributed by atoms with Gasteiger partial charge in [-0.3, -0.25) is 9.69 Å². The van der Waals surface area contributed by atoms with E-state index in [2.05, 4.69) is 28.9 Å². The Hall–Kier alpha value is -1.55. The molecule has 4 heteroatoms. The zero-order chi connectivity index (χ0) is 16.7. The first-order valence-corrected chi connectivity index (χ1v) is 8.86. The second-order valence-electron chi connectivity index (χ2n) is 6.34. The van der Waals surface area contributed by atoms with Crippen LogP contribution in [0.25, 0.3) is 0 Å². The Labute approximate surface area is 140 Å². The van der Waals surface area contributed by atoms with Gasteiger partial charge in [0, 0.05) is 6.54 Å². The molecule has 0 bridgehead atoms. The quantitative estimate of drug-likeness (QED) is 0.735. The molecule has 4 nitrogen and oxygen atoms in total. The number of carbonyl (C=O) groups excluding carboxylic acids is 1. The van der Waals surface area contributed by atoms with Crippen molar-refractivity contribution in [3.63, 3.8) is 0 Å². The number of ether oxygens (including phenoxy) is 1. The molecule has 0 aliphatic carbocycles. The molecule has 1 aliphatic heterocycles. The van der Waals surface area contributed by atoms with E-state index in [0.29, 0.717) is 13.2 Å². The SMILES string of the molecule is CCCCN(C)CC(=O)N1CCCC1c1ccc(OCC)cc1. The average Bonchev–Trinajstić information content (AvgIpc) is 3.03. The zero-order valence-corrected chi connectivity index (χ0v) is 14.8. The summed E-state index contributed by atoms with van der Waals surface area (Å²) in [6, 6.07) is 8.43. The number of rotatable bonds is 8. The van der Waals surface area contributed by atoms with Crippen molar-refractivity contribution in [3.05, 3.63) is 29.8 Å². The van der Waals surface area contributed by atoms with Crippen LogP contribution in [0.3, 0.4) is 0 Å². The summed E-state index contributed by atoms with van der Waals surface area (Å²) in [6.07, 6.45) is 4.45. The fraction of sp³-hybridized carbons (Fsp3) is 0.632. The van der Waals surface area contributed by atoms with Gasteiger partial charge in [-0.15, -0.1) is 0 Å². The van der Waals surface area contributed by atoms with Crippen LogP contribution in [-0.2, 0) is 4.79 Å². The smallest absolute Gasteiger partial charge is 0.237 e. The molecule has 1 amide bonds. The van der Waals surface area contributed by atoms with Gasteiger partial charge >= 0.3 is 0 Å². The summed E-state index contributed by atoms with van der Waals surface area (Å²) in [5.41, 5.74) is 1.22. The third kappa shape index (κ3) is 4.96. The van der Waals surface area contributed by atoms with Gasteiger partial charge < -0.3 is 9.64 Å². The molecule has 1 aromatic carbocycles. The largest absolute Gasteiger partial charge is 0.494 e. The molecule has 2 rings (SSSR count). The summed E-state index contributed by atoms with van der Waals surface area (Å²) in [4.78, 5) is 16.8. The molecule has 0 saturated carbocycles. The minimum absolute atomic E-state index is 0.220. The van der Waals surface area contributed by atoms with Crippen LogP contribution in [0.15, 0.2) is 24.3 Å². The van der Waals surface area contributed by atoms with Crippen LogP contribution in [0.4, 0.5) is 0 Å². The van der Waals surface area contributed by atoms with E-state index in [-0.39, 0.29) is 11.9 Å². The summed E-state index contributed by atoms with van der Waals surface area (Å²) < 4.78 is 5.50. The fourth-order valence-electron chi connectivity index (χ4n) is 3.19. The monoisotopic (exact) mass is 318 g/mol. The Morgan fingerprint density at radius 3 is 2.70 bits per heavy atom. The molecular formula is C19H30N2O2. The number of hydrogen-bond acceptors (Lipinski definition) is 3. The van der Waals surface area contributed by atoms with Crippen molar-refractivity contribution in [2.24, 2.45) is 0 Å². The molecular weight excluding hydrogens is 288 g/mol. The van der Waals surface area contributed by atoms with Crippen molar-refractivity contribution < 1.29 is 9.53 Å². The number of unbranched alkanes of at least 4 members (excludes halogenated alkanes) is 1. The maximum Gasteiger partial charge on any atom is 0.237 e. The first kappa shape index (κ1) is 17.8. The molecule has 0 aromatic heterocycles. The minimum Gasteiger partial charge on any atom is -0.494 e. The van der Waals surface area contributed by atoms with Crippen LogP contribution in [0, 0.1) is 0 Å². The molecule has 0 N–H and O–H groups in total. The summed E-state index contributed by atoms with van der Waals surface area (Å²) >= 11 is 0. The Bertz CT molecular complexity index is 487. The lowest BCUT2D eigenvalue weighted by molar-refractivity contribution is -0.133. The number of amides is 1. The molecule has 1 heterocycles. The number of likely N-dealkylation sites (tertiary alicyclic amines) is 1. The van der Waals surface area contributed by atoms with Gasteiger partial charge in [-0.05, 0) is 57.5 Å². The topological polar surface area (TPSA) is 32.8 Å².